The van der Waals surface area contributed by atoms with E-state index in [0.29, 0.717) is 18.8 Å². The zero-order valence-corrected chi connectivity index (χ0v) is 14.4. The van der Waals surface area contributed by atoms with Crippen molar-refractivity contribution in [2.24, 2.45) is 0 Å². The number of rotatable bonds is 2. The van der Waals surface area contributed by atoms with E-state index in [2.05, 4.69) is 29.6 Å². The summed E-state index contributed by atoms with van der Waals surface area (Å²) in [6.07, 6.45) is 2.15. The maximum Gasteiger partial charge on any atom is 0.231 e. The smallest absolute Gasteiger partial charge is 0.231 e. The molecule has 5 nitrogen and oxygen atoms in total. The topological polar surface area (TPSA) is 49.0 Å². The first kappa shape index (κ1) is 14.9. The highest BCUT2D eigenvalue weighted by molar-refractivity contribution is 5.55. The van der Waals surface area contributed by atoms with Gasteiger partial charge >= 0.3 is 0 Å². The van der Waals surface area contributed by atoms with Crippen LogP contribution in [0.4, 0.5) is 0 Å². The summed E-state index contributed by atoms with van der Waals surface area (Å²) < 4.78 is 22.1. The van der Waals surface area contributed by atoms with Gasteiger partial charge in [-0.2, -0.15) is 0 Å². The van der Waals surface area contributed by atoms with Crippen molar-refractivity contribution in [2.75, 3.05) is 21.0 Å². The standard InChI is InChI=1S/C20H21NO4/c1-22-16-6-12-9-21-20-13(14(12)7-17(16)23-2)4-3-11-5-18-19(8-15(11)20)25-10-24-18/h5-8,13,20-21H,3-4,9-10H2,1-2H3. The van der Waals surface area contributed by atoms with Gasteiger partial charge in [-0.3, -0.25) is 0 Å². The normalized spacial score (nSPS) is 22.6. The van der Waals surface area contributed by atoms with E-state index in [0.717, 1.165) is 42.4 Å². The van der Waals surface area contributed by atoms with E-state index in [1.165, 1.54) is 22.3 Å². The third kappa shape index (κ3) is 2.19. The molecule has 0 saturated carbocycles. The summed E-state index contributed by atoms with van der Waals surface area (Å²) in [4.78, 5) is 0. The van der Waals surface area contributed by atoms with Crippen LogP contribution < -0.4 is 24.3 Å². The molecule has 2 heterocycles. The lowest BCUT2D eigenvalue weighted by Crippen LogP contribution is -2.35. The molecule has 0 aromatic heterocycles. The molecule has 2 aromatic rings. The minimum absolute atomic E-state index is 0.295. The molecule has 25 heavy (non-hydrogen) atoms. The number of fused-ring (bicyclic) bond motifs is 6. The van der Waals surface area contributed by atoms with E-state index in [1.807, 2.05) is 0 Å². The number of nitrogens with one attached hydrogen (secondary N) is 1. The number of hydrogen-bond acceptors (Lipinski definition) is 5. The molecule has 5 rings (SSSR count). The van der Waals surface area contributed by atoms with Gasteiger partial charge in [0.2, 0.25) is 6.79 Å². The fraction of sp³-hybridized carbons (Fsp3) is 0.400. The fourth-order valence-corrected chi connectivity index (χ4v) is 4.44. The fourth-order valence-electron chi connectivity index (χ4n) is 4.44. The van der Waals surface area contributed by atoms with Crippen LogP contribution in [0.3, 0.4) is 0 Å². The van der Waals surface area contributed by atoms with Gasteiger partial charge in [0.05, 0.1) is 14.2 Å². The van der Waals surface area contributed by atoms with Crippen LogP contribution >= 0.6 is 0 Å². The maximum atomic E-state index is 5.59. The van der Waals surface area contributed by atoms with Gasteiger partial charge in [-0.25, -0.2) is 0 Å². The number of aryl methyl sites for hydroxylation is 1. The lowest BCUT2D eigenvalue weighted by Gasteiger charge is -2.39. The van der Waals surface area contributed by atoms with E-state index in [9.17, 15) is 0 Å². The summed E-state index contributed by atoms with van der Waals surface area (Å²) in [6, 6.07) is 8.87. The Morgan fingerprint density at radius 1 is 0.920 bits per heavy atom. The van der Waals surface area contributed by atoms with Crippen LogP contribution in [0.15, 0.2) is 24.3 Å². The van der Waals surface area contributed by atoms with Gasteiger partial charge in [0, 0.05) is 18.5 Å². The third-order valence-electron chi connectivity index (χ3n) is 5.65. The number of benzene rings is 2. The summed E-state index contributed by atoms with van der Waals surface area (Å²) >= 11 is 0. The van der Waals surface area contributed by atoms with Crippen LogP contribution in [-0.2, 0) is 13.0 Å². The summed E-state index contributed by atoms with van der Waals surface area (Å²) in [5.74, 6) is 3.76. The van der Waals surface area contributed by atoms with Gasteiger partial charge < -0.3 is 24.3 Å². The molecule has 1 aliphatic carbocycles. The zero-order chi connectivity index (χ0) is 17.0. The van der Waals surface area contributed by atoms with Gasteiger partial charge in [0.1, 0.15) is 0 Å². The van der Waals surface area contributed by atoms with Crippen LogP contribution in [0.2, 0.25) is 0 Å². The van der Waals surface area contributed by atoms with Gasteiger partial charge in [-0.15, -0.1) is 0 Å². The number of ether oxygens (including phenoxy) is 4. The molecule has 130 valence electrons. The molecule has 0 fully saturated rings. The van der Waals surface area contributed by atoms with Crippen molar-refractivity contribution in [1.29, 1.82) is 0 Å². The highest BCUT2D eigenvalue weighted by Gasteiger charge is 2.36. The van der Waals surface area contributed by atoms with E-state index in [1.54, 1.807) is 14.2 Å². The monoisotopic (exact) mass is 339 g/mol. The van der Waals surface area contributed by atoms with Crippen LogP contribution in [0.1, 0.15) is 40.6 Å². The Morgan fingerprint density at radius 2 is 1.68 bits per heavy atom. The molecular weight excluding hydrogens is 318 g/mol. The van der Waals surface area contributed by atoms with Gasteiger partial charge in [-0.1, -0.05) is 0 Å². The van der Waals surface area contributed by atoms with Crippen molar-refractivity contribution >= 4 is 0 Å². The second kappa shape index (κ2) is 5.56. The SMILES string of the molecule is COc1cc2c(cc1OC)C1CCc3cc4c(cc3C1NC2)OCO4. The first-order valence-electron chi connectivity index (χ1n) is 8.69. The second-order valence-electron chi connectivity index (χ2n) is 6.81. The Hall–Kier alpha value is -2.40. The number of hydrogen-bond donors (Lipinski definition) is 1. The highest BCUT2D eigenvalue weighted by atomic mass is 16.7. The summed E-state index contributed by atoms with van der Waals surface area (Å²) in [6.45, 7) is 1.14. The lowest BCUT2D eigenvalue weighted by molar-refractivity contribution is 0.174. The third-order valence-corrected chi connectivity index (χ3v) is 5.65. The average molecular weight is 339 g/mol. The van der Waals surface area contributed by atoms with Crippen molar-refractivity contribution in [1.82, 2.24) is 5.32 Å². The zero-order valence-electron chi connectivity index (χ0n) is 14.4. The minimum atomic E-state index is 0.295. The predicted octanol–water partition coefficient (Wildman–Crippen LogP) is 3.31. The Kier molecular flexibility index (Phi) is 3.31. The van der Waals surface area contributed by atoms with Crippen LogP contribution in [0.25, 0.3) is 0 Å². The van der Waals surface area contributed by atoms with Crippen LogP contribution in [0.5, 0.6) is 23.0 Å². The molecular formula is C20H21NO4. The molecule has 2 unspecified atom stereocenters. The molecule has 0 bridgehead atoms. The van der Waals surface area contributed by atoms with Crippen molar-refractivity contribution in [3.05, 3.63) is 46.5 Å². The Balaban J connectivity index is 1.58. The highest BCUT2D eigenvalue weighted by Crippen LogP contribution is 2.49. The quantitative estimate of drug-likeness (QED) is 0.910. The molecule has 2 aromatic carbocycles. The van der Waals surface area contributed by atoms with Crippen molar-refractivity contribution in [3.8, 4) is 23.0 Å². The summed E-state index contributed by atoms with van der Waals surface area (Å²) in [5, 5.41) is 3.72. The molecule has 5 heteroatoms. The lowest BCUT2D eigenvalue weighted by atomic mass is 9.73. The largest absolute Gasteiger partial charge is 0.493 e. The first-order valence-corrected chi connectivity index (χ1v) is 8.69. The Labute approximate surface area is 146 Å². The molecule has 3 aliphatic rings. The summed E-state index contributed by atoms with van der Waals surface area (Å²) in [7, 11) is 3.38. The van der Waals surface area contributed by atoms with E-state index in [4.69, 9.17) is 18.9 Å². The van der Waals surface area contributed by atoms with E-state index in [-0.39, 0.29) is 0 Å². The predicted molar refractivity (Wildman–Crippen MR) is 92.8 cm³/mol. The second-order valence-corrected chi connectivity index (χ2v) is 6.81. The molecule has 2 atom stereocenters. The molecule has 2 aliphatic heterocycles. The van der Waals surface area contributed by atoms with Gasteiger partial charge in [0.25, 0.3) is 0 Å². The summed E-state index contributed by atoms with van der Waals surface area (Å²) in [5.41, 5.74) is 5.36. The molecule has 0 spiro atoms. The number of methoxy groups -OCH3 is 2. The molecule has 0 saturated heterocycles. The Bertz CT molecular complexity index is 848. The molecule has 0 amide bonds. The minimum Gasteiger partial charge on any atom is -0.493 e. The van der Waals surface area contributed by atoms with E-state index >= 15 is 0 Å². The Morgan fingerprint density at radius 3 is 2.48 bits per heavy atom. The van der Waals surface area contributed by atoms with E-state index < -0.39 is 0 Å². The van der Waals surface area contributed by atoms with Crippen molar-refractivity contribution in [3.63, 3.8) is 0 Å². The van der Waals surface area contributed by atoms with Gasteiger partial charge in [0.15, 0.2) is 23.0 Å². The maximum absolute atomic E-state index is 5.59. The average Bonchev–Trinajstić information content (AvgIpc) is 3.11. The molecule has 0 radical (unpaired) electrons. The first-order chi connectivity index (χ1) is 12.3. The van der Waals surface area contributed by atoms with Crippen molar-refractivity contribution in [2.45, 2.75) is 31.3 Å². The van der Waals surface area contributed by atoms with Gasteiger partial charge in [-0.05, 0) is 59.4 Å². The van der Waals surface area contributed by atoms with Crippen molar-refractivity contribution < 1.29 is 18.9 Å². The molecule has 1 N–H and O–H groups in total. The van der Waals surface area contributed by atoms with Crippen LogP contribution in [-0.4, -0.2) is 21.0 Å². The van der Waals surface area contributed by atoms with Crippen LogP contribution in [0, 0.1) is 0 Å².